The van der Waals surface area contributed by atoms with Crippen LogP contribution < -0.4 is 15.8 Å². The molecule has 1 saturated heterocycles. The Bertz CT molecular complexity index is 490. The fourth-order valence-electron chi connectivity index (χ4n) is 2.34. The molecule has 1 unspecified atom stereocenters. The van der Waals surface area contributed by atoms with Crippen LogP contribution in [0.5, 0.6) is 5.75 Å². The van der Waals surface area contributed by atoms with Crippen molar-refractivity contribution < 1.29 is 9.53 Å². The fraction of sp³-hybridized carbons (Fsp3) is 0.429. The second-order valence-corrected chi connectivity index (χ2v) is 5.15. The molecule has 108 valence electrons. The van der Waals surface area contributed by atoms with Gasteiger partial charge >= 0.3 is 0 Å². The number of primary amides is 1. The zero-order chi connectivity index (χ0) is 14.5. The molecule has 1 fully saturated rings. The van der Waals surface area contributed by atoms with E-state index in [1.165, 1.54) is 0 Å². The van der Waals surface area contributed by atoms with Gasteiger partial charge in [-0.3, -0.25) is 4.79 Å². The van der Waals surface area contributed by atoms with E-state index in [2.05, 4.69) is 5.32 Å². The van der Waals surface area contributed by atoms with E-state index in [4.69, 9.17) is 22.7 Å². The summed E-state index contributed by atoms with van der Waals surface area (Å²) in [6.45, 7) is 0.760. The Morgan fingerprint density at radius 1 is 1.40 bits per heavy atom. The number of likely N-dealkylation sites (tertiary alicyclic amines) is 1. The first-order valence-corrected chi connectivity index (χ1v) is 7.03. The number of carbonyl (C=O) groups excluding carboxylic acids is 1. The number of methoxy groups -OCH3 is 1. The molecule has 1 amide bonds. The number of benzene rings is 1. The minimum absolute atomic E-state index is 0.304. The van der Waals surface area contributed by atoms with Gasteiger partial charge in [-0.15, -0.1) is 0 Å². The number of nitrogens with one attached hydrogen (secondary N) is 1. The third-order valence-corrected chi connectivity index (χ3v) is 3.77. The molecule has 20 heavy (non-hydrogen) atoms. The van der Waals surface area contributed by atoms with Gasteiger partial charge in [-0.25, -0.2) is 0 Å². The van der Waals surface area contributed by atoms with E-state index >= 15 is 0 Å². The summed E-state index contributed by atoms with van der Waals surface area (Å²) >= 11 is 5.39. The summed E-state index contributed by atoms with van der Waals surface area (Å²) in [5.41, 5.74) is 6.31. The quantitative estimate of drug-likeness (QED) is 0.831. The summed E-state index contributed by atoms with van der Waals surface area (Å²) in [6, 6.07) is 7.17. The number of anilines is 1. The predicted molar refractivity (Wildman–Crippen MR) is 82.8 cm³/mol. The SMILES string of the molecule is COc1ccc(NC(=S)N2CCCCC2C(N)=O)cc1. The molecule has 1 aliphatic heterocycles. The third kappa shape index (κ3) is 3.39. The molecular weight excluding hydrogens is 274 g/mol. The van der Waals surface area contributed by atoms with E-state index in [0.717, 1.165) is 37.2 Å². The molecule has 0 saturated carbocycles. The van der Waals surface area contributed by atoms with Gasteiger partial charge in [0.1, 0.15) is 11.8 Å². The third-order valence-electron chi connectivity index (χ3n) is 3.43. The van der Waals surface area contributed by atoms with Crippen LogP contribution in [0.4, 0.5) is 5.69 Å². The van der Waals surface area contributed by atoms with Crippen molar-refractivity contribution in [2.45, 2.75) is 25.3 Å². The van der Waals surface area contributed by atoms with Crippen LogP contribution in [0.15, 0.2) is 24.3 Å². The predicted octanol–water partition coefficient (Wildman–Crippen LogP) is 1.73. The number of thiocarbonyl (C=S) groups is 1. The average Bonchev–Trinajstić information content (AvgIpc) is 2.48. The second-order valence-electron chi connectivity index (χ2n) is 4.77. The molecule has 0 radical (unpaired) electrons. The summed E-state index contributed by atoms with van der Waals surface area (Å²) in [5.74, 6) is 0.470. The molecule has 6 heteroatoms. The van der Waals surface area contributed by atoms with Gasteiger partial charge < -0.3 is 20.7 Å². The molecule has 1 aliphatic rings. The minimum Gasteiger partial charge on any atom is -0.497 e. The largest absolute Gasteiger partial charge is 0.497 e. The number of ether oxygens (including phenoxy) is 1. The molecule has 1 aromatic carbocycles. The lowest BCUT2D eigenvalue weighted by Gasteiger charge is -2.35. The molecule has 2 rings (SSSR count). The van der Waals surface area contributed by atoms with Crippen molar-refractivity contribution in [1.29, 1.82) is 0 Å². The summed E-state index contributed by atoms with van der Waals surface area (Å²) in [6.07, 6.45) is 2.79. The number of piperidine rings is 1. The van der Waals surface area contributed by atoms with Crippen molar-refractivity contribution >= 4 is 28.9 Å². The van der Waals surface area contributed by atoms with Crippen molar-refractivity contribution in [3.8, 4) is 5.75 Å². The molecule has 0 spiro atoms. The summed E-state index contributed by atoms with van der Waals surface area (Å²) < 4.78 is 5.11. The van der Waals surface area contributed by atoms with Crippen molar-refractivity contribution in [3.63, 3.8) is 0 Å². The smallest absolute Gasteiger partial charge is 0.240 e. The van der Waals surface area contributed by atoms with E-state index in [1.807, 2.05) is 29.2 Å². The number of nitrogens with two attached hydrogens (primary N) is 1. The molecule has 3 N–H and O–H groups in total. The van der Waals surface area contributed by atoms with E-state index in [-0.39, 0.29) is 11.9 Å². The topological polar surface area (TPSA) is 67.6 Å². The fourth-order valence-corrected chi connectivity index (χ4v) is 2.68. The second kappa shape index (κ2) is 6.56. The molecule has 1 atom stereocenters. The lowest BCUT2D eigenvalue weighted by atomic mass is 10.0. The Morgan fingerprint density at radius 3 is 2.70 bits per heavy atom. The Kier molecular flexibility index (Phi) is 4.79. The normalized spacial score (nSPS) is 18.4. The first-order chi connectivity index (χ1) is 9.61. The highest BCUT2D eigenvalue weighted by Crippen LogP contribution is 2.20. The molecular formula is C14H19N3O2S. The van der Waals surface area contributed by atoms with Gasteiger partial charge in [-0.2, -0.15) is 0 Å². The summed E-state index contributed by atoms with van der Waals surface area (Å²) in [4.78, 5) is 13.4. The Hall–Kier alpha value is -1.82. The van der Waals surface area contributed by atoms with Gasteiger partial charge in [0.15, 0.2) is 5.11 Å². The number of rotatable bonds is 3. The maximum Gasteiger partial charge on any atom is 0.240 e. The molecule has 1 aromatic rings. The average molecular weight is 293 g/mol. The zero-order valence-corrected chi connectivity index (χ0v) is 12.3. The van der Waals surface area contributed by atoms with Crippen LogP contribution in [0, 0.1) is 0 Å². The molecule has 0 aromatic heterocycles. The van der Waals surface area contributed by atoms with E-state index in [0.29, 0.717) is 5.11 Å². The molecule has 0 bridgehead atoms. The lowest BCUT2D eigenvalue weighted by molar-refractivity contribution is -0.122. The monoisotopic (exact) mass is 293 g/mol. The highest BCUT2D eigenvalue weighted by Gasteiger charge is 2.28. The standard InChI is InChI=1S/C14H19N3O2S/c1-19-11-7-5-10(6-8-11)16-14(20)17-9-3-2-4-12(17)13(15)18/h5-8,12H,2-4,9H2,1H3,(H2,15,18)(H,16,20). The van der Waals surface area contributed by atoms with Crippen molar-refractivity contribution in [1.82, 2.24) is 4.90 Å². The highest BCUT2D eigenvalue weighted by atomic mass is 32.1. The van der Waals surface area contributed by atoms with Crippen LogP contribution >= 0.6 is 12.2 Å². The van der Waals surface area contributed by atoms with Crippen molar-refractivity contribution in [3.05, 3.63) is 24.3 Å². The lowest BCUT2D eigenvalue weighted by Crippen LogP contribution is -2.51. The molecule has 1 heterocycles. The van der Waals surface area contributed by atoms with Crippen molar-refractivity contribution in [2.24, 2.45) is 5.73 Å². The Balaban J connectivity index is 2.03. The van der Waals surface area contributed by atoms with Crippen LogP contribution in [-0.4, -0.2) is 35.6 Å². The van der Waals surface area contributed by atoms with Crippen molar-refractivity contribution in [2.75, 3.05) is 19.0 Å². The summed E-state index contributed by atoms with van der Waals surface area (Å²) in [7, 11) is 1.62. The van der Waals surface area contributed by atoms with E-state index in [1.54, 1.807) is 7.11 Å². The maximum atomic E-state index is 11.5. The highest BCUT2D eigenvalue weighted by molar-refractivity contribution is 7.80. The van der Waals surface area contributed by atoms with Gasteiger partial charge in [0.2, 0.25) is 5.91 Å². The number of hydrogen-bond donors (Lipinski definition) is 2. The van der Waals surface area contributed by atoms with Crippen LogP contribution in [0.2, 0.25) is 0 Å². The van der Waals surface area contributed by atoms with Crippen LogP contribution in [-0.2, 0) is 4.79 Å². The number of carbonyl (C=O) groups is 1. The minimum atomic E-state index is -0.316. The first kappa shape index (κ1) is 14.6. The van der Waals surface area contributed by atoms with Crippen LogP contribution in [0.1, 0.15) is 19.3 Å². The Morgan fingerprint density at radius 2 is 2.10 bits per heavy atom. The van der Waals surface area contributed by atoms with Gasteiger partial charge in [0.25, 0.3) is 0 Å². The summed E-state index contributed by atoms with van der Waals surface area (Å²) in [5, 5.41) is 3.68. The van der Waals surface area contributed by atoms with Gasteiger partial charge in [-0.05, 0) is 55.7 Å². The van der Waals surface area contributed by atoms with Gasteiger partial charge in [0, 0.05) is 12.2 Å². The zero-order valence-electron chi connectivity index (χ0n) is 11.5. The van der Waals surface area contributed by atoms with Gasteiger partial charge in [0.05, 0.1) is 7.11 Å². The number of amides is 1. The van der Waals surface area contributed by atoms with E-state index in [9.17, 15) is 4.79 Å². The first-order valence-electron chi connectivity index (χ1n) is 6.63. The maximum absolute atomic E-state index is 11.5. The van der Waals surface area contributed by atoms with Gasteiger partial charge in [-0.1, -0.05) is 0 Å². The van der Waals surface area contributed by atoms with E-state index < -0.39 is 0 Å². The Labute approximate surface area is 124 Å². The number of nitrogens with zero attached hydrogens (tertiary/aromatic N) is 1. The number of hydrogen-bond acceptors (Lipinski definition) is 3. The van der Waals surface area contributed by atoms with Crippen LogP contribution in [0.25, 0.3) is 0 Å². The molecule has 0 aliphatic carbocycles. The molecule has 5 nitrogen and oxygen atoms in total. The van der Waals surface area contributed by atoms with Crippen LogP contribution in [0.3, 0.4) is 0 Å².